The molecule has 1 aliphatic rings. The number of aliphatic hydroxyl groups excluding tert-OH is 1. The van der Waals surface area contributed by atoms with Crippen molar-refractivity contribution in [1.82, 2.24) is 4.90 Å². The first-order valence-electron chi connectivity index (χ1n) is 7.59. The standard InChI is InChI=1S/C9H10O4.C7H15NOS2/c1-9(8(12)13)4-2-3-6(5-9)7(10)11;1-3-8(4-2)5-6-11-7(9)10/h2-4H,5H2,1H3,(H,10,11)(H,12,13);3-6H2,1-2H3,(H,9,10). The first kappa shape index (κ1) is 22.6. The molecule has 0 aliphatic heterocycles. The molecule has 1 rings (SSSR count). The molecule has 0 aromatic heterocycles. The number of aliphatic hydroxyl groups is 1. The van der Waals surface area contributed by atoms with Gasteiger partial charge in [-0.3, -0.25) is 4.79 Å². The fourth-order valence-corrected chi connectivity index (χ4v) is 2.76. The van der Waals surface area contributed by atoms with E-state index in [9.17, 15) is 9.59 Å². The van der Waals surface area contributed by atoms with E-state index in [0.29, 0.717) is 0 Å². The van der Waals surface area contributed by atoms with Gasteiger partial charge in [0.15, 0.2) is 0 Å². The number of allylic oxidation sites excluding steroid dienone is 2. The molecule has 8 heteroatoms. The maximum absolute atomic E-state index is 10.8. The Balaban J connectivity index is 0.000000449. The van der Waals surface area contributed by atoms with Gasteiger partial charge < -0.3 is 20.2 Å². The van der Waals surface area contributed by atoms with Crippen LogP contribution in [-0.4, -0.2) is 61.9 Å². The zero-order valence-corrected chi connectivity index (χ0v) is 15.8. The normalized spacial score (nSPS) is 19.2. The van der Waals surface area contributed by atoms with E-state index in [2.05, 4.69) is 31.0 Å². The van der Waals surface area contributed by atoms with Crippen LogP contribution in [0.2, 0.25) is 0 Å². The molecule has 0 saturated carbocycles. The Bertz CT molecular complexity index is 515. The predicted octanol–water partition coefficient (Wildman–Crippen LogP) is 2.95. The Morgan fingerprint density at radius 1 is 1.29 bits per heavy atom. The van der Waals surface area contributed by atoms with Crippen molar-refractivity contribution in [3.05, 3.63) is 23.8 Å². The zero-order valence-electron chi connectivity index (χ0n) is 14.2. The molecule has 0 heterocycles. The maximum atomic E-state index is 10.8. The van der Waals surface area contributed by atoms with Crippen LogP contribution >= 0.6 is 24.0 Å². The summed E-state index contributed by atoms with van der Waals surface area (Å²) < 4.78 is 0.0529. The van der Waals surface area contributed by atoms with Gasteiger partial charge in [-0.25, -0.2) is 4.79 Å². The highest BCUT2D eigenvalue weighted by Crippen LogP contribution is 2.31. The molecule has 0 bridgehead atoms. The average molecular weight is 376 g/mol. The lowest BCUT2D eigenvalue weighted by atomic mass is 9.80. The van der Waals surface area contributed by atoms with Crippen LogP contribution in [0, 0.1) is 5.41 Å². The monoisotopic (exact) mass is 375 g/mol. The van der Waals surface area contributed by atoms with Gasteiger partial charge in [0.05, 0.1) is 5.41 Å². The number of thioether (sulfide) groups is 1. The van der Waals surface area contributed by atoms with Crippen LogP contribution in [0.25, 0.3) is 0 Å². The molecule has 0 saturated heterocycles. The molecule has 0 spiro atoms. The van der Waals surface area contributed by atoms with E-state index in [1.807, 2.05) is 0 Å². The average Bonchev–Trinajstić information content (AvgIpc) is 2.52. The quantitative estimate of drug-likeness (QED) is 0.584. The number of nitrogens with zero attached hydrogens (tertiary/aromatic N) is 1. The lowest BCUT2D eigenvalue weighted by Gasteiger charge is -2.23. The number of rotatable bonds is 7. The number of carbonyl (C=O) groups is 2. The maximum Gasteiger partial charge on any atom is 0.331 e. The van der Waals surface area contributed by atoms with Crippen molar-refractivity contribution in [2.24, 2.45) is 5.41 Å². The minimum absolute atomic E-state index is 0.0359. The van der Waals surface area contributed by atoms with Crippen molar-refractivity contribution in [3.63, 3.8) is 0 Å². The molecular formula is C16H25NO5S2. The van der Waals surface area contributed by atoms with Gasteiger partial charge in [-0.2, -0.15) is 0 Å². The third-order valence-corrected chi connectivity index (χ3v) is 4.60. The first-order valence-corrected chi connectivity index (χ1v) is 8.98. The SMILES string of the molecule is CC1(C(=O)O)C=CC=C(C(=O)O)C1.CCN(CC)CCSC(O)=S. The van der Waals surface area contributed by atoms with Crippen LogP contribution in [0.3, 0.4) is 0 Å². The van der Waals surface area contributed by atoms with Gasteiger partial charge in [0.1, 0.15) is 0 Å². The summed E-state index contributed by atoms with van der Waals surface area (Å²) in [5.41, 5.74) is -0.949. The summed E-state index contributed by atoms with van der Waals surface area (Å²) in [6.07, 6.45) is 4.43. The molecule has 0 amide bonds. The van der Waals surface area contributed by atoms with Gasteiger partial charge in [-0.1, -0.05) is 43.8 Å². The summed E-state index contributed by atoms with van der Waals surface area (Å²) in [5.74, 6) is -1.18. The van der Waals surface area contributed by atoms with Crippen molar-refractivity contribution in [2.45, 2.75) is 27.2 Å². The summed E-state index contributed by atoms with van der Waals surface area (Å²) in [7, 11) is 0. The Kier molecular flexibility index (Phi) is 10.6. The smallest absolute Gasteiger partial charge is 0.331 e. The lowest BCUT2D eigenvalue weighted by Crippen LogP contribution is -2.28. The number of thiocarbonyl (C=S) groups is 1. The largest absolute Gasteiger partial charge is 0.494 e. The fourth-order valence-electron chi connectivity index (χ4n) is 1.99. The summed E-state index contributed by atoms with van der Waals surface area (Å²) >= 11 is 5.86. The van der Waals surface area contributed by atoms with E-state index in [1.54, 1.807) is 0 Å². The highest BCUT2D eigenvalue weighted by atomic mass is 32.2. The van der Waals surface area contributed by atoms with Crippen molar-refractivity contribution >= 4 is 40.3 Å². The minimum atomic E-state index is -1.08. The van der Waals surface area contributed by atoms with E-state index < -0.39 is 17.4 Å². The van der Waals surface area contributed by atoms with Gasteiger partial charge in [0.2, 0.25) is 4.38 Å². The van der Waals surface area contributed by atoms with Crippen LogP contribution in [-0.2, 0) is 9.59 Å². The van der Waals surface area contributed by atoms with Gasteiger partial charge in [0, 0.05) is 17.9 Å². The van der Waals surface area contributed by atoms with Crippen LogP contribution < -0.4 is 0 Å². The van der Waals surface area contributed by atoms with E-state index in [1.165, 1.54) is 36.9 Å². The number of aliphatic carboxylic acids is 2. The number of hydrogen-bond donors (Lipinski definition) is 3. The second-order valence-corrected chi connectivity index (χ2v) is 7.13. The molecule has 0 fully saturated rings. The van der Waals surface area contributed by atoms with Gasteiger partial charge in [-0.15, -0.1) is 0 Å². The zero-order chi connectivity index (χ0) is 18.8. The molecule has 0 radical (unpaired) electrons. The van der Waals surface area contributed by atoms with E-state index in [-0.39, 0.29) is 16.4 Å². The first-order chi connectivity index (χ1) is 11.2. The number of hydrogen-bond acceptors (Lipinski definition) is 5. The fraction of sp³-hybridized carbons (Fsp3) is 0.562. The third kappa shape index (κ3) is 8.47. The van der Waals surface area contributed by atoms with Gasteiger partial charge in [0.25, 0.3) is 0 Å². The Labute approximate surface area is 152 Å². The van der Waals surface area contributed by atoms with Crippen molar-refractivity contribution in [1.29, 1.82) is 0 Å². The van der Waals surface area contributed by atoms with E-state index in [4.69, 9.17) is 15.3 Å². The molecule has 1 atom stereocenters. The molecule has 6 nitrogen and oxygen atoms in total. The molecule has 0 aromatic carbocycles. The molecule has 0 aromatic rings. The van der Waals surface area contributed by atoms with Crippen LogP contribution in [0.15, 0.2) is 23.8 Å². The predicted molar refractivity (Wildman–Crippen MR) is 101 cm³/mol. The van der Waals surface area contributed by atoms with Crippen LogP contribution in [0.1, 0.15) is 27.2 Å². The summed E-state index contributed by atoms with van der Waals surface area (Å²) in [6, 6.07) is 0. The highest BCUT2D eigenvalue weighted by Gasteiger charge is 2.34. The van der Waals surface area contributed by atoms with Crippen LogP contribution in [0.5, 0.6) is 0 Å². The number of carboxylic acids is 2. The summed E-state index contributed by atoms with van der Waals surface area (Å²) in [5, 5.41) is 26.2. The molecule has 1 unspecified atom stereocenters. The number of carboxylic acid groups (broad SMARTS) is 2. The molecular weight excluding hydrogens is 350 g/mol. The Morgan fingerprint density at radius 2 is 1.88 bits per heavy atom. The molecule has 1 aliphatic carbocycles. The van der Waals surface area contributed by atoms with Crippen LogP contribution in [0.4, 0.5) is 0 Å². The second kappa shape index (κ2) is 11.2. The second-order valence-electron chi connectivity index (χ2n) is 5.40. The highest BCUT2D eigenvalue weighted by molar-refractivity contribution is 8.22. The Hall–Kier alpha value is -1.38. The third-order valence-electron chi connectivity index (χ3n) is 3.61. The topological polar surface area (TPSA) is 98.1 Å². The van der Waals surface area contributed by atoms with E-state index in [0.717, 1.165) is 25.4 Å². The minimum Gasteiger partial charge on any atom is -0.494 e. The summed E-state index contributed by atoms with van der Waals surface area (Å²) in [6.45, 7) is 8.89. The van der Waals surface area contributed by atoms with E-state index >= 15 is 0 Å². The summed E-state index contributed by atoms with van der Waals surface area (Å²) in [4.78, 5) is 23.6. The molecule has 24 heavy (non-hydrogen) atoms. The Morgan fingerprint density at radius 3 is 2.29 bits per heavy atom. The van der Waals surface area contributed by atoms with Crippen molar-refractivity contribution < 1.29 is 24.9 Å². The lowest BCUT2D eigenvalue weighted by molar-refractivity contribution is -0.145. The van der Waals surface area contributed by atoms with Crippen molar-refractivity contribution in [3.8, 4) is 0 Å². The van der Waals surface area contributed by atoms with Crippen molar-refractivity contribution in [2.75, 3.05) is 25.4 Å². The molecule has 136 valence electrons. The van der Waals surface area contributed by atoms with Gasteiger partial charge in [-0.05, 0) is 38.7 Å². The van der Waals surface area contributed by atoms with Gasteiger partial charge >= 0.3 is 11.9 Å². The molecule has 3 N–H and O–H groups in total.